The van der Waals surface area contributed by atoms with Crippen molar-refractivity contribution in [2.45, 2.75) is 38.2 Å². The summed E-state index contributed by atoms with van der Waals surface area (Å²) >= 11 is 0. The van der Waals surface area contributed by atoms with Gasteiger partial charge in [-0.3, -0.25) is 14.9 Å². The number of hydrogen-bond donors (Lipinski definition) is 0. The maximum Gasteiger partial charge on any atom is 0.331 e. The molecule has 1 aliphatic rings. The molecule has 0 fully saturated rings. The molecule has 1 aromatic rings. The van der Waals surface area contributed by atoms with Crippen molar-refractivity contribution in [3.05, 3.63) is 52.1 Å². The molecule has 0 unspecified atom stereocenters. The first-order valence-electron chi connectivity index (χ1n) is 9.06. The van der Waals surface area contributed by atoms with Crippen LogP contribution in [0.1, 0.15) is 32.8 Å². The molecule has 28 heavy (non-hydrogen) atoms. The highest BCUT2D eigenvalue weighted by Crippen LogP contribution is 2.47. The monoisotopic (exact) mass is 391 g/mol. The third-order valence-corrected chi connectivity index (χ3v) is 4.78. The van der Waals surface area contributed by atoms with Crippen molar-refractivity contribution in [1.82, 2.24) is 0 Å². The second kappa shape index (κ2) is 8.41. The lowest BCUT2D eigenvalue weighted by Gasteiger charge is -2.43. The summed E-state index contributed by atoms with van der Waals surface area (Å²) < 4.78 is 16.0. The highest BCUT2D eigenvalue weighted by molar-refractivity contribution is 5.91. The molecule has 0 saturated carbocycles. The van der Waals surface area contributed by atoms with Crippen LogP contribution in [-0.4, -0.2) is 42.7 Å². The molecule has 0 radical (unpaired) electrons. The van der Waals surface area contributed by atoms with Crippen LogP contribution in [0.2, 0.25) is 0 Å². The SMILES string of the molecule is CCOC(=O)[C@@](C[N+](=O)[O-])(c1ccc(OC)cc1)[C@@]1(CC(C)C)C=CC(=O)O1. The van der Waals surface area contributed by atoms with E-state index in [0.717, 1.165) is 0 Å². The maximum atomic E-state index is 13.3. The average molecular weight is 391 g/mol. The molecule has 0 bridgehead atoms. The molecule has 8 nitrogen and oxygen atoms in total. The Hall–Kier alpha value is -2.90. The average Bonchev–Trinajstić information content (AvgIpc) is 3.00. The van der Waals surface area contributed by atoms with Crippen molar-refractivity contribution >= 4 is 11.9 Å². The summed E-state index contributed by atoms with van der Waals surface area (Å²) in [7, 11) is 1.49. The first-order valence-corrected chi connectivity index (χ1v) is 9.06. The number of nitrogens with zero attached hydrogens (tertiary/aromatic N) is 1. The summed E-state index contributed by atoms with van der Waals surface area (Å²) in [4.78, 5) is 36.4. The number of rotatable bonds is 9. The molecule has 1 aromatic carbocycles. The number of carbonyl (C=O) groups is 2. The smallest absolute Gasteiger partial charge is 0.331 e. The van der Waals surface area contributed by atoms with Crippen molar-refractivity contribution in [3.8, 4) is 5.75 Å². The van der Waals surface area contributed by atoms with Crippen molar-refractivity contribution in [2.24, 2.45) is 5.92 Å². The lowest BCUT2D eigenvalue weighted by atomic mass is 9.64. The van der Waals surface area contributed by atoms with Crippen LogP contribution in [0.15, 0.2) is 36.4 Å². The predicted molar refractivity (Wildman–Crippen MR) is 101 cm³/mol. The molecule has 0 aromatic heterocycles. The number of hydrogen-bond acceptors (Lipinski definition) is 7. The Labute approximate surface area is 163 Å². The Kier molecular flexibility index (Phi) is 6.43. The summed E-state index contributed by atoms with van der Waals surface area (Å²) in [5, 5.41) is 11.7. The Morgan fingerprint density at radius 2 is 1.96 bits per heavy atom. The Morgan fingerprint density at radius 3 is 2.39 bits per heavy atom. The van der Waals surface area contributed by atoms with Gasteiger partial charge in [-0.15, -0.1) is 0 Å². The van der Waals surface area contributed by atoms with Crippen LogP contribution >= 0.6 is 0 Å². The minimum atomic E-state index is -1.84. The van der Waals surface area contributed by atoms with E-state index in [1.54, 1.807) is 31.2 Å². The van der Waals surface area contributed by atoms with E-state index in [1.165, 1.54) is 19.3 Å². The molecule has 0 N–H and O–H groups in total. The lowest BCUT2D eigenvalue weighted by Crippen LogP contribution is -2.61. The topological polar surface area (TPSA) is 105 Å². The van der Waals surface area contributed by atoms with E-state index < -0.39 is 34.4 Å². The summed E-state index contributed by atoms with van der Waals surface area (Å²) in [5.74, 6) is -0.947. The van der Waals surface area contributed by atoms with Crippen LogP contribution in [0.3, 0.4) is 0 Å². The van der Waals surface area contributed by atoms with Crippen molar-refractivity contribution < 1.29 is 28.7 Å². The van der Waals surface area contributed by atoms with Gasteiger partial charge in [0, 0.05) is 11.0 Å². The van der Waals surface area contributed by atoms with Crippen LogP contribution in [-0.2, 0) is 24.5 Å². The fraction of sp³-hybridized carbons (Fsp3) is 0.500. The van der Waals surface area contributed by atoms with Gasteiger partial charge in [0.25, 0.3) is 0 Å². The van der Waals surface area contributed by atoms with Gasteiger partial charge >= 0.3 is 11.9 Å². The Morgan fingerprint density at radius 1 is 1.32 bits per heavy atom. The minimum Gasteiger partial charge on any atom is -0.497 e. The van der Waals surface area contributed by atoms with Gasteiger partial charge in [0.1, 0.15) is 5.75 Å². The van der Waals surface area contributed by atoms with Gasteiger partial charge in [-0.2, -0.15) is 0 Å². The lowest BCUT2D eigenvalue weighted by molar-refractivity contribution is -0.492. The maximum absolute atomic E-state index is 13.3. The fourth-order valence-corrected chi connectivity index (χ4v) is 3.72. The fourth-order valence-electron chi connectivity index (χ4n) is 3.72. The number of nitro groups is 1. The number of methoxy groups -OCH3 is 1. The van der Waals surface area contributed by atoms with Crippen LogP contribution in [0.4, 0.5) is 0 Å². The van der Waals surface area contributed by atoms with Gasteiger partial charge in [0.05, 0.1) is 13.7 Å². The molecule has 0 saturated heterocycles. The van der Waals surface area contributed by atoms with Crippen LogP contribution < -0.4 is 4.74 Å². The van der Waals surface area contributed by atoms with E-state index in [4.69, 9.17) is 14.2 Å². The zero-order chi connectivity index (χ0) is 20.9. The van der Waals surface area contributed by atoms with Crippen LogP contribution in [0.25, 0.3) is 0 Å². The van der Waals surface area contributed by atoms with E-state index >= 15 is 0 Å². The molecule has 1 aliphatic heterocycles. The quantitative estimate of drug-likeness (QED) is 0.362. The highest BCUT2D eigenvalue weighted by atomic mass is 16.6. The molecule has 2 atom stereocenters. The van der Waals surface area contributed by atoms with E-state index in [9.17, 15) is 19.7 Å². The van der Waals surface area contributed by atoms with Gasteiger partial charge in [-0.25, -0.2) is 4.79 Å². The molecular formula is C20H25NO7. The minimum absolute atomic E-state index is 0.0191. The van der Waals surface area contributed by atoms with E-state index in [2.05, 4.69) is 0 Å². The third kappa shape index (κ3) is 3.85. The number of esters is 2. The molecule has 0 amide bonds. The third-order valence-electron chi connectivity index (χ3n) is 4.78. The van der Waals surface area contributed by atoms with Gasteiger partial charge < -0.3 is 14.2 Å². The molecule has 8 heteroatoms. The van der Waals surface area contributed by atoms with E-state index in [0.29, 0.717) is 11.3 Å². The Bertz CT molecular complexity index is 771. The van der Waals surface area contributed by atoms with Crippen LogP contribution in [0.5, 0.6) is 5.75 Å². The number of carbonyl (C=O) groups excluding carboxylic acids is 2. The van der Waals surface area contributed by atoms with E-state index in [1.807, 2.05) is 13.8 Å². The number of benzene rings is 1. The second-order valence-corrected chi connectivity index (χ2v) is 7.09. The predicted octanol–water partition coefficient (Wildman–Crippen LogP) is 2.67. The highest BCUT2D eigenvalue weighted by Gasteiger charge is 2.65. The Balaban J connectivity index is 2.79. The summed E-state index contributed by atoms with van der Waals surface area (Å²) in [5.41, 5.74) is -3.05. The van der Waals surface area contributed by atoms with Crippen molar-refractivity contribution in [1.29, 1.82) is 0 Å². The zero-order valence-electron chi connectivity index (χ0n) is 16.5. The molecule has 0 spiro atoms. The second-order valence-electron chi connectivity index (χ2n) is 7.09. The molecule has 2 rings (SSSR count). The summed E-state index contributed by atoms with van der Waals surface area (Å²) in [6.07, 6.45) is 2.88. The van der Waals surface area contributed by atoms with Gasteiger partial charge in [0.2, 0.25) is 6.54 Å². The van der Waals surface area contributed by atoms with E-state index in [-0.39, 0.29) is 18.9 Å². The van der Waals surface area contributed by atoms with Crippen LogP contribution in [0, 0.1) is 16.0 Å². The summed E-state index contributed by atoms with van der Waals surface area (Å²) in [6.45, 7) is 4.64. The normalized spacial score (nSPS) is 20.5. The molecule has 0 aliphatic carbocycles. The van der Waals surface area contributed by atoms with Gasteiger partial charge in [-0.1, -0.05) is 26.0 Å². The van der Waals surface area contributed by atoms with Gasteiger partial charge in [-0.05, 0) is 43.0 Å². The number of cyclic esters (lactones) is 1. The zero-order valence-corrected chi connectivity index (χ0v) is 16.5. The van der Waals surface area contributed by atoms with Gasteiger partial charge in [0.15, 0.2) is 11.0 Å². The standard InChI is InChI=1S/C20H25NO7/c1-5-27-18(23)20(13-21(24)25,15-6-8-16(26-4)9-7-15)19(12-14(2)3)11-10-17(22)28-19/h6-11,14H,5,12-13H2,1-4H3/t19-,20+/m0/s1. The molecule has 152 valence electrons. The number of ether oxygens (including phenoxy) is 3. The van der Waals surface area contributed by atoms with Crippen molar-refractivity contribution in [3.63, 3.8) is 0 Å². The summed E-state index contributed by atoms with van der Waals surface area (Å²) in [6, 6.07) is 6.35. The first kappa shape index (κ1) is 21.4. The molecule has 1 heterocycles. The first-order chi connectivity index (χ1) is 13.2. The largest absolute Gasteiger partial charge is 0.497 e. The molecular weight excluding hydrogens is 366 g/mol. The van der Waals surface area contributed by atoms with Crippen molar-refractivity contribution in [2.75, 3.05) is 20.3 Å².